The van der Waals surface area contributed by atoms with Crippen molar-refractivity contribution in [3.8, 4) is 0 Å². The Hall–Kier alpha value is -2.37. The average Bonchev–Trinajstić information content (AvgIpc) is 3.00. The molecule has 3 aliphatic rings. The van der Waals surface area contributed by atoms with Crippen LogP contribution in [-0.2, 0) is 28.6 Å². The Balaban J connectivity index is 2.14. The van der Waals surface area contributed by atoms with Crippen molar-refractivity contribution in [1.29, 1.82) is 0 Å². The summed E-state index contributed by atoms with van der Waals surface area (Å²) in [5.74, 6) is -1.89. The zero-order valence-electron chi connectivity index (χ0n) is 16.3. The molecule has 0 aromatic rings. The van der Waals surface area contributed by atoms with E-state index in [1.807, 2.05) is 13.8 Å². The number of carbonyl (C=O) groups excluding carboxylic acids is 3. The molecule has 3 rings (SSSR count). The van der Waals surface area contributed by atoms with Gasteiger partial charge >= 0.3 is 17.9 Å². The third-order valence-electron chi connectivity index (χ3n) is 6.13. The fraction of sp³-hybridized carbons (Fsp3) is 0.571. The molecule has 0 bridgehead atoms. The molecular formula is C21H26O6. The fourth-order valence-corrected chi connectivity index (χ4v) is 4.85. The summed E-state index contributed by atoms with van der Waals surface area (Å²) in [6, 6.07) is 0. The lowest BCUT2D eigenvalue weighted by Gasteiger charge is -2.41. The van der Waals surface area contributed by atoms with Crippen LogP contribution in [0.25, 0.3) is 0 Å². The number of hydrogen-bond donors (Lipinski definition) is 0. The smallest absolute Gasteiger partial charge is 0.334 e. The van der Waals surface area contributed by atoms with E-state index in [-0.39, 0.29) is 11.5 Å². The van der Waals surface area contributed by atoms with Crippen molar-refractivity contribution in [3.05, 3.63) is 35.5 Å². The number of hydrogen-bond acceptors (Lipinski definition) is 6. The van der Waals surface area contributed by atoms with Gasteiger partial charge in [0.05, 0.1) is 11.3 Å². The molecule has 1 saturated heterocycles. The lowest BCUT2D eigenvalue weighted by Crippen LogP contribution is -2.49. The van der Waals surface area contributed by atoms with Gasteiger partial charge in [0.2, 0.25) is 0 Å². The van der Waals surface area contributed by atoms with E-state index in [1.54, 1.807) is 6.92 Å². The maximum atomic E-state index is 12.4. The van der Waals surface area contributed by atoms with Crippen molar-refractivity contribution < 1.29 is 28.6 Å². The van der Waals surface area contributed by atoms with Crippen molar-refractivity contribution in [1.82, 2.24) is 0 Å². The zero-order chi connectivity index (χ0) is 20.1. The number of esters is 3. The van der Waals surface area contributed by atoms with E-state index < -0.39 is 41.6 Å². The quantitative estimate of drug-likeness (QED) is 0.327. The Morgan fingerprint density at radius 3 is 2.52 bits per heavy atom. The molecule has 1 saturated carbocycles. The monoisotopic (exact) mass is 374 g/mol. The minimum absolute atomic E-state index is 0.263. The molecule has 5 atom stereocenters. The Kier molecular flexibility index (Phi) is 4.78. The molecule has 1 aliphatic heterocycles. The summed E-state index contributed by atoms with van der Waals surface area (Å²) in [5.41, 5.74) is 1.99. The lowest BCUT2D eigenvalue weighted by molar-refractivity contribution is -0.167. The number of ether oxygens (including phenoxy) is 3. The minimum atomic E-state index is -0.753. The first-order valence-corrected chi connectivity index (χ1v) is 9.20. The normalized spacial score (nSPS) is 35.1. The molecule has 2 fully saturated rings. The van der Waals surface area contributed by atoms with Crippen molar-refractivity contribution in [2.24, 2.45) is 11.3 Å². The van der Waals surface area contributed by atoms with Crippen LogP contribution in [0.3, 0.4) is 0 Å². The standard InChI is InChI=1S/C21H26O6/c1-10(2)19(23)27-18-17-12(4)20(24)26-15(17)9-11(3)14-7-8-16(21(14,18)6)25-13(5)22/h15-18H,1,4,7-9H2,2-3,5-6H3. The molecule has 0 amide bonds. The summed E-state index contributed by atoms with van der Waals surface area (Å²) >= 11 is 0. The number of carbonyl (C=O) groups is 3. The number of fused-ring (bicyclic) bond motifs is 2. The van der Waals surface area contributed by atoms with Crippen LogP contribution >= 0.6 is 0 Å². The highest BCUT2D eigenvalue weighted by molar-refractivity contribution is 5.91. The van der Waals surface area contributed by atoms with Crippen LogP contribution in [0.5, 0.6) is 0 Å². The molecule has 1 heterocycles. The predicted octanol–water partition coefficient (Wildman–Crippen LogP) is 3.02. The summed E-state index contributed by atoms with van der Waals surface area (Å²) in [5, 5.41) is 0. The van der Waals surface area contributed by atoms with Gasteiger partial charge in [-0.1, -0.05) is 24.3 Å². The number of rotatable bonds is 3. The van der Waals surface area contributed by atoms with Crippen molar-refractivity contribution in [2.75, 3.05) is 0 Å². The Morgan fingerprint density at radius 1 is 1.26 bits per heavy atom. The minimum Gasteiger partial charge on any atom is -0.461 e. The van der Waals surface area contributed by atoms with Crippen LogP contribution in [0.4, 0.5) is 0 Å². The van der Waals surface area contributed by atoms with Gasteiger partial charge in [0.15, 0.2) is 0 Å². The van der Waals surface area contributed by atoms with Gasteiger partial charge in [-0.2, -0.15) is 0 Å². The summed E-state index contributed by atoms with van der Waals surface area (Å²) < 4.78 is 17.0. The van der Waals surface area contributed by atoms with Crippen LogP contribution in [0.1, 0.15) is 47.0 Å². The van der Waals surface area contributed by atoms with Crippen molar-refractivity contribution in [2.45, 2.75) is 65.3 Å². The van der Waals surface area contributed by atoms with Gasteiger partial charge < -0.3 is 14.2 Å². The van der Waals surface area contributed by atoms with Crippen LogP contribution in [0.2, 0.25) is 0 Å². The maximum Gasteiger partial charge on any atom is 0.334 e. The molecule has 6 heteroatoms. The van der Waals surface area contributed by atoms with E-state index in [0.29, 0.717) is 18.4 Å². The Bertz CT molecular complexity index is 776. The molecule has 27 heavy (non-hydrogen) atoms. The second kappa shape index (κ2) is 6.66. The predicted molar refractivity (Wildman–Crippen MR) is 97.4 cm³/mol. The summed E-state index contributed by atoms with van der Waals surface area (Å²) in [6.45, 7) is 14.5. The van der Waals surface area contributed by atoms with E-state index in [9.17, 15) is 14.4 Å². The van der Waals surface area contributed by atoms with Gasteiger partial charge in [-0.25, -0.2) is 9.59 Å². The molecule has 0 spiro atoms. The van der Waals surface area contributed by atoms with E-state index in [4.69, 9.17) is 14.2 Å². The lowest BCUT2D eigenvalue weighted by atomic mass is 9.71. The molecule has 5 unspecified atom stereocenters. The molecule has 6 nitrogen and oxygen atoms in total. The Morgan fingerprint density at radius 2 is 1.93 bits per heavy atom. The average molecular weight is 374 g/mol. The topological polar surface area (TPSA) is 78.9 Å². The van der Waals surface area contributed by atoms with Crippen LogP contribution in [0.15, 0.2) is 35.5 Å². The Labute approximate surface area is 159 Å². The van der Waals surface area contributed by atoms with Crippen LogP contribution in [0, 0.1) is 11.3 Å². The fourth-order valence-electron chi connectivity index (χ4n) is 4.85. The maximum absolute atomic E-state index is 12.4. The third kappa shape index (κ3) is 3.01. The molecule has 146 valence electrons. The summed E-state index contributed by atoms with van der Waals surface area (Å²) in [4.78, 5) is 36.3. The van der Waals surface area contributed by atoms with Crippen LogP contribution < -0.4 is 0 Å². The highest BCUT2D eigenvalue weighted by Crippen LogP contribution is 2.56. The van der Waals surface area contributed by atoms with E-state index >= 15 is 0 Å². The van der Waals surface area contributed by atoms with Gasteiger partial charge in [-0.15, -0.1) is 0 Å². The largest absolute Gasteiger partial charge is 0.461 e. The third-order valence-corrected chi connectivity index (χ3v) is 6.13. The summed E-state index contributed by atoms with van der Waals surface area (Å²) in [6.07, 6.45) is 0.300. The molecule has 2 aliphatic carbocycles. The molecule has 0 N–H and O–H groups in total. The van der Waals surface area contributed by atoms with Gasteiger partial charge in [0, 0.05) is 24.5 Å². The molecular weight excluding hydrogens is 348 g/mol. The second-order valence-electron chi connectivity index (χ2n) is 7.98. The first kappa shape index (κ1) is 19.4. The van der Waals surface area contributed by atoms with E-state index in [0.717, 1.165) is 17.6 Å². The second-order valence-corrected chi connectivity index (χ2v) is 7.98. The summed E-state index contributed by atoms with van der Waals surface area (Å²) in [7, 11) is 0. The van der Waals surface area contributed by atoms with Crippen LogP contribution in [-0.4, -0.2) is 36.2 Å². The SMILES string of the molecule is C=C(C)C(=O)OC1C2C(=C)C(=O)OC2CC(C)=C2CCC(OC(C)=O)C21C. The van der Waals surface area contributed by atoms with Gasteiger partial charge in [-0.3, -0.25) is 4.79 Å². The van der Waals surface area contributed by atoms with Gasteiger partial charge in [0.1, 0.15) is 18.3 Å². The first-order valence-electron chi connectivity index (χ1n) is 9.20. The van der Waals surface area contributed by atoms with Gasteiger partial charge in [0.25, 0.3) is 0 Å². The molecule has 0 radical (unpaired) electrons. The van der Waals surface area contributed by atoms with Crippen molar-refractivity contribution in [3.63, 3.8) is 0 Å². The highest BCUT2D eigenvalue weighted by atomic mass is 16.6. The van der Waals surface area contributed by atoms with E-state index in [2.05, 4.69) is 13.2 Å². The highest BCUT2D eigenvalue weighted by Gasteiger charge is 2.61. The molecule has 0 aromatic carbocycles. The first-order chi connectivity index (χ1) is 12.6. The van der Waals surface area contributed by atoms with E-state index in [1.165, 1.54) is 6.92 Å². The van der Waals surface area contributed by atoms with Crippen molar-refractivity contribution >= 4 is 17.9 Å². The molecule has 0 aromatic heterocycles. The zero-order valence-corrected chi connectivity index (χ0v) is 16.3. The van der Waals surface area contributed by atoms with Gasteiger partial charge in [-0.05, 0) is 33.6 Å².